The van der Waals surface area contributed by atoms with Crippen molar-refractivity contribution in [1.82, 2.24) is 15.1 Å². The van der Waals surface area contributed by atoms with Crippen LogP contribution >= 0.6 is 0 Å². The third-order valence-electron chi connectivity index (χ3n) is 4.56. The Bertz CT molecular complexity index is 621. The summed E-state index contributed by atoms with van der Waals surface area (Å²) in [6, 6.07) is 8.82. The average Bonchev–Trinajstić information content (AvgIpc) is 3.15. The molecule has 1 aliphatic rings. The maximum Gasteiger partial charge on any atom is 0.0650 e. The smallest absolute Gasteiger partial charge is 0.0650 e. The van der Waals surface area contributed by atoms with Gasteiger partial charge in [0.05, 0.1) is 11.4 Å². The molecule has 0 atom stereocenters. The second kappa shape index (κ2) is 6.53. The van der Waals surface area contributed by atoms with Gasteiger partial charge in [-0.15, -0.1) is 0 Å². The van der Waals surface area contributed by atoms with Gasteiger partial charge in [0, 0.05) is 36.6 Å². The zero-order valence-corrected chi connectivity index (χ0v) is 13.9. The van der Waals surface area contributed by atoms with Crippen LogP contribution in [0.15, 0.2) is 24.3 Å². The molecule has 22 heavy (non-hydrogen) atoms. The summed E-state index contributed by atoms with van der Waals surface area (Å²) in [5, 5.41) is 8.12. The van der Waals surface area contributed by atoms with Gasteiger partial charge in [-0.2, -0.15) is 5.10 Å². The fourth-order valence-electron chi connectivity index (χ4n) is 3.21. The number of rotatable bonds is 5. The van der Waals surface area contributed by atoms with E-state index in [1.807, 2.05) is 0 Å². The SMILES string of the molecule is CCNCc1c(C)nn(-c2ccc(N3CCCC3)cc2)c1C. The molecule has 0 radical (unpaired) electrons. The maximum absolute atomic E-state index is 4.72. The molecule has 1 N–H and O–H groups in total. The van der Waals surface area contributed by atoms with Crippen molar-refractivity contribution in [2.24, 2.45) is 0 Å². The number of hydrogen-bond acceptors (Lipinski definition) is 3. The summed E-state index contributed by atoms with van der Waals surface area (Å²) in [4.78, 5) is 2.46. The lowest BCUT2D eigenvalue weighted by Crippen LogP contribution is -2.17. The van der Waals surface area contributed by atoms with Crippen LogP contribution < -0.4 is 10.2 Å². The quantitative estimate of drug-likeness (QED) is 0.920. The molecule has 1 saturated heterocycles. The van der Waals surface area contributed by atoms with Gasteiger partial charge in [0.2, 0.25) is 0 Å². The zero-order valence-electron chi connectivity index (χ0n) is 13.9. The Morgan fingerprint density at radius 1 is 1.05 bits per heavy atom. The molecule has 0 bridgehead atoms. The molecule has 3 rings (SSSR count). The van der Waals surface area contributed by atoms with Gasteiger partial charge in [-0.3, -0.25) is 0 Å². The number of anilines is 1. The van der Waals surface area contributed by atoms with Crippen LogP contribution in [0.2, 0.25) is 0 Å². The van der Waals surface area contributed by atoms with Crippen LogP contribution in [0.5, 0.6) is 0 Å². The van der Waals surface area contributed by atoms with Crippen LogP contribution in [-0.4, -0.2) is 29.4 Å². The van der Waals surface area contributed by atoms with E-state index >= 15 is 0 Å². The van der Waals surface area contributed by atoms with Crippen molar-refractivity contribution < 1.29 is 0 Å². The lowest BCUT2D eigenvalue weighted by Gasteiger charge is -2.17. The second-order valence-electron chi connectivity index (χ2n) is 6.05. The summed E-state index contributed by atoms with van der Waals surface area (Å²) in [6.07, 6.45) is 2.62. The highest BCUT2D eigenvalue weighted by Gasteiger charge is 2.14. The molecule has 1 aliphatic heterocycles. The minimum atomic E-state index is 0.889. The van der Waals surface area contributed by atoms with Gasteiger partial charge in [-0.05, 0) is 57.5 Å². The molecule has 118 valence electrons. The largest absolute Gasteiger partial charge is 0.372 e. The highest BCUT2D eigenvalue weighted by Crippen LogP contribution is 2.23. The molecular weight excluding hydrogens is 272 g/mol. The summed E-state index contributed by atoms with van der Waals surface area (Å²) < 4.78 is 2.07. The molecule has 4 nitrogen and oxygen atoms in total. The van der Waals surface area contributed by atoms with Crippen LogP contribution in [-0.2, 0) is 6.54 Å². The number of hydrogen-bond donors (Lipinski definition) is 1. The Labute approximate surface area is 133 Å². The van der Waals surface area contributed by atoms with Gasteiger partial charge in [-0.1, -0.05) is 6.92 Å². The van der Waals surface area contributed by atoms with Crippen molar-refractivity contribution in [1.29, 1.82) is 0 Å². The molecule has 2 aromatic rings. The Kier molecular flexibility index (Phi) is 4.48. The zero-order chi connectivity index (χ0) is 15.5. The minimum Gasteiger partial charge on any atom is -0.372 e. The molecule has 1 aromatic heterocycles. The molecule has 0 amide bonds. The highest BCUT2D eigenvalue weighted by atomic mass is 15.3. The summed E-state index contributed by atoms with van der Waals surface area (Å²) >= 11 is 0. The molecule has 0 unspecified atom stereocenters. The van der Waals surface area contributed by atoms with Gasteiger partial charge in [0.25, 0.3) is 0 Å². The third-order valence-corrected chi connectivity index (χ3v) is 4.56. The fourth-order valence-corrected chi connectivity index (χ4v) is 3.21. The first-order valence-electron chi connectivity index (χ1n) is 8.32. The van der Waals surface area contributed by atoms with Crippen molar-refractivity contribution in [3.05, 3.63) is 41.2 Å². The molecule has 1 fully saturated rings. The first kappa shape index (κ1) is 15.1. The standard InChI is InChI=1S/C18H26N4/c1-4-19-13-18-14(2)20-22(15(18)3)17-9-7-16(8-10-17)21-11-5-6-12-21/h7-10,19H,4-6,11-13H2,1-3H3. The summed E-state index contributed by atoms with van der Waals surface area (Å²) in [5.41, 5.74) is 6.13. The van der Waals surface area contributed by atoms with Crippen molar-refractivity contribution in [3.8, 4) is 5.69 Å². The molecule has 1 aromatic carbocycles. The lowest BCUT2D eigenvalue weighted by atomic mass is 10.2. The van der Waals surface area contributed by atoms with E-state index in [4.69, 9.17) is 5.10 Å². The topological polar surface area (TPSA) is 33.1 Å². The predicted molar refractivity (Wildman–Crippen MR) is 91.9 cm³/mol. The van der Waals surface area contributed by atoms with Crippen LogP contribution in [0.25, 0.3) is 5.69 Å². The summed E-state index contributed by atoms with van der Waals surface area (Å²) in [7, 11) is 0. The third kappa shape index (κ3) is 2.88. The average molecular weight is 298 g/mol. The van der Waals surface area contributed by atoms with E-state index in [1.54, 1.807) is 0 Å². The molecular formula is C18H26N4. The van der Waals surface area contributed by atoms with Gasteiger partial charge in [0.1, 0.15) is 0 Å². The minimum absolute atomic E-state index is 0.889. The summed E-state index contributed by atoms with van der Waals surface area (Å²) in [5.74, 6) is 0. The van der Waals surface area contributed by atoms with Crippen molar-refractivity contribution in [2.75, 3.05) is 24.5 Å². The number of aromatic nitrogens is 2. The van der Waals surface area contributed by atoms with Crippen LogP contribution in [0.1, 0.15) is 36.7 Å². The van der Waals surface area contributed by atoms with Gasteiger partial charge in [-0.25, -0.2) is 4.68 Å². The molecule has 0 spiro atoms. The van der Waals surface area contributed by atoms with E-state index in [-0.39, 0.29) is 0 Å². The number of benzene rings is 1. The van der Waals surface area contributed by atoms with Gasteiger partial charge >= 0.3 is 0 Å². The van der Waals surface area contributed by atoms with E-state index in [2.05, 4.69) is 59.9 Å². The Morgan fingerprint density at radius 3 is 2.32 bits per heavy atom. The van der Waals surface area contributed by atoms with Crippen LogP contribution in [0, 0.1) is 13.8 Å². The Hall–Kier alpha value is -1.81. The first-order chi connectivity index (χ1) is 10.7. The van der Waals surface area contributed by atoms with Crippen LogP contribution in [0.3, 0.4) is 0 Å². The van der Waals surface area contributed by atoms with E-state index in [1.165, 1.54) is 42.9 Å². The predicted octanol–water partition coefficient (Wildman–Crippen LogP) is 3.20. The molecule has 0 aliphatic carbocycles. The van der Waals surface area contributed by atoms with Crippen molar-refractivity contribution >= 4 is 5.69 Å². The monoisotopic (exact) mass is 298 g/mol. The lowest BCUT2D eigenvalue weighted by molar-refractivity contribution is 0.719. The molecule has 4 heteroatoms. The van der Waals surface area contributed by atoms with E-state index in [0.29, 0.717) is 0 Å². The molecule has 2 heterocycles. The van der Waals surface area contributed by atoms with Crippen LogP contribution in [0.4, 0.5) is 5.69 Å². The molecule has 0 saturated carbocycles. The van der Waals surface area contributed by atoms with Gasteiger partial charge < -0.3 is 10.2 Å². The van der Waals surface area contributed by atoms with Crippen molar-refractivity contribution in [2.45, 2.75) is 40.2 Å². The first-order valence-corrected chi connectivity index (χ1v) is 8.32. The Morgan fingerprint density at radius 2 is 1.68 bits per heavy atom. The van der Waals surface area contributed by atoms with E-state index < -0.39 is 0 Å². The number of nitrogens with zero attached hydrogens (tertiary/aromatic N) is 3. The fraction of sp³-hybridized carbons (Fsp3) is 0.500. The maximum atomic E-state index is 4.72. The number of nitrogens with one attached hydrogen (secondary N) is 1. The Balaban J connectivity index is 1.84. The van der Waals surface area contributed by atoms with Crippen molar-refractivity contribution in [3.63, 3.8) is 0 Å². The van der Waals surface area contributed by atoms with E-state index in [0.717, 1.165) is 24.5 Å². The normalized spacial score (nSPS) is 14.8. The summed E-state index contributed by atoms with van der Waals surface area (Å²) in [6.45, 7) is 10.6. The van der Waals surface area contributed by atoms with Gasteiger partial charge in [0.15, 0.2) is 0 Å². The number of aryl methyl sites for hydroxylation is 1. The second-order valence-corrected chi connectivity index (χ2v) is 6.05. The highest BCUT2D eigenvalue weighted by molar-refractivity contribution is 5.52. The van der Waals surface area contributed by atoms with E-state index in [9.17, 15) is 0 Å².